The van der Waals surface area contributed by atoms with E-state index >= 15 is 0 Å². The van der Waals surface area contributed by atoms with E-state index in [0.717, 1.165) is 19.6 Å². The normalized spacial score (nSPS) is 20.2. The first kappa shape index (κ1) is 13.3. The molecule has 3 rings (SSSR count). The van der Waals surface area contributed by atoms with Crippen LogP contribution >= 0.6 is 0 Å². The van der Waals surface area contributed by atoms with Crippen molar-refractivity contribution in [2.24, 2.45) is 0 Å². The van der Waals surface area contributed by atoms with Crippen LogP contribution in [0.4, 0.5) is 0 Å². The van der Waals surface area contributed by atoms with E-state index in [1.807, 2.05) is 0 Å². The lowest BCUT2D eigenvalue weighted by Gasteiger charge is -2.31. The van der Waals surface area contributed by atoms with Gasteiger partial charge >= 0.3 is 0 Å². The summed E-state index contributed by atoms with van der Waals surface area (Å²) in [6, 6.07) is 8.61. The molecule has 0 bridgehead atoms. The summed E-state index contributed by atoms with van der Waals surface area (Å²) in [6.45, 7) is 7.27. The van der Waals surface area contributed by atoms with Crippen molar-refractivity contribution >= 4 is 0 Å². The molecule has 0 unspecified atom stereocenters. The summed E-state index contributed by atoms with van der Waals surface area (Å²) in [4.78, 5) is 6.63. The zero-order chi connectivity index (χ0) is 13.9. The molecular weight excluding hydrogens is 254 g/mol. The van der Waals surface area contributed by atoms with Gasteiger partial charge in [-0.3, -0.25) is 4.90 Å². The maximum Gasteiger partial charge on any atom is 0.223 e. The summed E-state index contributed by atoms with van der Waals surface area (Å²) in [5.74, 6) is 1.23. The summed E-state index contributed by atoms with van der Waals surface area (Å²) in [5, 5.41) is 3.96. The quantitative estimate of drug-likeness (QED) is 0.858. The molecule has 0 amide bonds. The molecule has 1 atom stereocenters. The molecule has 5 heteroatoms. The first-order chi connectivity index (χ1) is 9.70. The second kappa shape index (κ2) is 5.73. The van der Waals surface area contributed by atoms with Crippen molar-refractivity contribution in [3.05, 3.63) is 47.1 Å². The number of aromatic nitrogens is 2. The highest BCUT2D eigenvalue weighted by Gasteiger charge is 2.25. The van der Waals surface area contributed by atoms with Crippen LogP contribution in [0.3, 0.4) is 0 Å². The molecule has 1 aliphatic heterocycles. The van der Waals surface area contributed by atoms with E-state index in [4.69, 9.17) is 9.26 Å². The average Bonchev–Trinajstić information content (AvgIpc) is 2.86. The Balaban J connectivity index is 1.66. The van der Waals surface area contributed by atoms with Crippen LogP contribution in [-0.4, -0.2) is 34.7 Å². The average molecular weight is 273 g/mol. The summed E-state index contributed by atoms with van der Waals surface area (Å²) < 4.78 is 10.8. The second-order valence-corrected chi connectivity index (χ2v) is 5.26. The van der Waals surface area contributed by atoms with E-state index in [0.29, 0.717) is 18.3 Å². The molecule has 5 nitrogen and oxygen atoms in total. The van der Waals surface area contributed by atoms with Crippen LogP contribution in [0.25, 0.3) is 0 Å². The minimum atomic E-state index is -0.0917. The number of aryl methyl sites for hydroxylation is 2. The Hall–Kier alpha value is -1.72. The minimum absolute atomic E-state index is 0.0917. The molecule has 2 heterocycles. The summed E-state index contributed by atoms with van der Waals surface area (Å²) in [5.41, 5.74) is 2.62. The summed E-state index contributed by atoms with van der Waals surface area (Å²) >= 11 is 0. The Morgan fingerprint density at radius 2 is 2.25 bits per heavy atom. The molecule has 2 aromatic rings. The number of hydrogen-bond acceptors (Lipinski definition) is 5. The topological polar surface area (TPSA) is 51.4 Å². The predicted molar refractivity (Wildman–Crippen MR) is 74.2 cm³/mol. The molecule has 1 aliphatic rings. The van der Waals surface area contributed by atoms with Gasteiger partial charge in [-0.15, -0.1) is 0 Å². The highest BCUT2D eigenvalue weighted by Crippen LogP contribution is 2.21. The van der Waals surface area contributed by atoms with Crippen molar-refractivity contribution in [3.8, 4) is 0 Å². The zero-order valence-corrected chi connectivity index (χ0v) is 11.9. The van der Waals surface area contributed by atoms with Crippen molar-refractivity contribution in [3.63, 3.8) is 0 Å². The SMILES string of the molecule is Cc1cccc(CN2CCO[C@@H](c3noc(C)n3)C2)c1. The molecular formula is C15H19N3O2. The van der Waals surface area contributed by atoms with Gasteiger partial charge < -0.3 is 9.26 Å². The number of nitrogens with zero attached hydrogens (tertiary/aromatic N) is 3. The van der Waals surface area contributed by atoms with E-state index in [9.17, 15) is 0 Å². The summed E-state index contributed by atoms with van der Waals surface area (Å²) in [7, 11) is 0. The molecule has 1 saturated heterocycles. The molecule has 0 radical (unpaired) electrons. The smallest absolute Gasteiger partial charge is 0.223 e. The van der Waals surface area contributed by atoms with Crippen LogP contribution < -0.4 is 0 Å². The van der Waals surface area contributed by atoms with E-state index < -0.39 is 0 Å². The van der Waals surface area contributed by atoms with Gasteiger partial charge in [-0.25, -0.2) is 0 Å². The standard InChI is InChI=1S/C15H19N3O2/c1-11-4-3-5-13(8-11)9-18-6-7-19-14(10-18)15-16-12(2)20-17-15/h3-5,8,14H,6-7,9-10H2,1-2H3/t14-/m1/s1. The van der Waals surface area contributed by atoms with Crippen molar-refractivity contribution in [1.29, 1.82) is 0 Å². The third-order valence-electron chi connectivity index (χ3n) is 3.47. The van der Waals surface area contributed by atoms with Gasteiger partial charge in [0.15, 0.2) is 0 Å². The number of ether oxygens (including phenoxy) is 1. The molecule has 20 heavy (non-hydrogen) atoms. The monoisotopic (exact) mass is 273 g/mol. The molecule has 0 aliphatic carbocycles. The van der Waals surface area contributed by atoms with E-state index in [1.54, 1.807) is 6.92 Å². The Bertz CT molecular complexity index is 582. The van der Waals surface area contributed by atoms with Gasteiger partial charge in [0.2, 0.25) is 11.7 Å². The Kier molecular flexibility index (Phi) is 3.80. The lowest BCUT2D eigenvalue weighted by atomic mass is 10.1. The minimum Gasteiger partial charge on any atom is -0.367 e. The molecule has 0 N–H and O–H groups in total. The molecule has 106 valence electrons. The van der Waals surface area contributed by atoms with E-state index in [1.165, 1.54) is 11.1 Å². The molecule has 0 saturated carbocycles. The Morgan fingerprint density at radius 3 is 3.00 bits per heavy atom. The van der Waals surface area contributed by atoms with Crippen LogP contribution in [0.1, 0.15) is 28.9 Å². The highest BCUT2D eigenvalue weighted by atomic mass is 16.5. The van der Waals surface area contributed by atoms with E-state index in [-0.39, 0.29) is 6.10 Å². The van der Waals surface area contributed by atoms with Gasteiger partial charge in [0, 0.05) is 26.6 Å². The van der Waals surface area contributed by atoms with Crippen LogP contribution in [0.5, 0.6) is 0 Å². The van der Waals surface area contributed by atoms with Gasteiger partial charge in [-0.2, -0.15) is 4.98 Å². The van der Waals surface area contributed by atoms with Gasteiger partial charge in [-0.05, 0) is 12.5 Å². The van der Waals surface area contributed by atoms with Crippen LogP contribution in [0.2, 0.25) is 0 Å². The number of rotatable bonds is 3. The van der Waals surface area contributed by atoms with Crippen molar-refractivity contribution < 1.29 is 9.26 Å². The van der Waals surface area contributed by atoms with Crippen molar-refractivity contribution in [2.45, 2.75) is 26.5 Å². The van der Waals surface area contributed by atoms with Crippen LogP contribution in [-0.2, 0) is 11.3 Å². The third kappa shape index (κ3) is 3.05. The number of hydrogen-bond donors (Lipinski definition) is 0. The fourth-order valence-corrected chi connectivity index (χ4v) is 2.52. The van der Waals surface area contributed by atoms with Gasteiger partial charge in [0.1, 0.15) is 6.10 Å². The maximum atomic E-state index is 5.74. The molecule has 1 aromatic carbocycles. The fourth-order valence-electron chi connectivity index (χ4n) is 2.52. The van der Waals surface area contributed by atoms with E-state index in [2.05, 4.69) is 46.2 Å². The predicted octanol–water partition coefficient (Wildman–Crippen LogP) is 2.26. The number of benzene rings is 1. The molecule has 0 spiro atoms. The molecule has 1 aromatic heterocycles. The first-order valence-electron chi connectivity index (χ1n) is 6.90. The maximum absolute atomic E-state index is 5.74. The Morgan fingerprint density at radius 1 is 1.35 bits per heavy atom. The fraction of sp³-hybridized carbons (Fsp3) is 0.467. The van der Waals surface area contributed by atoms with Crippen molar-refractivity contribution in [2.75, 3.05) is 19.7 Å². The van der Waals surface area contributed by atoms with Gasteiger partial charge in [-0.1, -0.05) is 35.0 Å². The molecule has 1 fully saturated rings. The third-order valence-corrected chi connectivity index (χ3v) is 3.47. The number of morpholine rings is 1. The van der Waals surface area contributed by atoms with Gasteiger partial charge in [0.25, 0.3) is 0 Å². The largest absolute Gasteiger partial charge is 0.367 e. The highest BCUT2D eigenvalue weighted by molar-refractivity contribution is 5.22. The van der Waals surface area contributed by atoms with Crippen LogP contribution in [0, 0.1) is 13.8 Å². The lowest BCUT2D eigenvalue weighted by molar-refractivity contribution is -0.0380. The first-order valence-corrected chi connectivity index (χ1v) is 6.90. The summed E-state index contributed by atoms with van der Waals surface area (Å²) in [6.07, 6.45) is -0.0917. The zero-order valence-electron chi connectivity index (χ0n) is 11.9. The second-order valence-electron chi connectivity index (χ2n) is 5.26. The van der Waals surface area contributed by atoms with Gasteiger partial charge in [0.05, 0.1) is 6.61 Å². The Labute approximate surface area is 118 Å². The lowest BCUT2D eigenvalue weighted by Crippen LogP contribution is -2.38. The van der Waals surface area contributed by atoms with Crippen LogP contribution in [0.15, 0.2) is 28.8 Å². The van der Waals surface area contributed by atoms with Crippen molar-refractivity contribution in [1.82, 2.24) is 15.0 Å².